The van der Waals surface area contributed by atoms with Crippen molar-refractivity contribution in [3.63, 3.8) is 0 Å². The van der Waals surface area contributed by atoms with E-state index in [4.69, 9.17) is 23.2 Å². The molecule has 0 spiro atoms. The van der Waals surface area contributed by atoms with Crippen molar-refractivity contribution in [2.24, 2.45) is 7.05 Å². The molecule has 0 bridgehead atoms. The normalized spacial score (nSPS) is 10.8. The van der Waals surface area contributed by atoms with Gasteiger partial charge in [0.15, 0.2) is 5.78 Å². The average molecular weight is 301 g/mol. The molecule has 6 heteroatoms. The van der Waals surface area contributed by atoms with Crippen LogP contribution in [0, 0.1) is 12.7 Å². The highest BCUT2D eigenvalue weighted by atomic mass is 35.5. The minimum Gasteiger partial charge on any atom is -0.294 e. The van der Waals surface area contributed by atoms with Crippen molar-refractivity contribution < 1.29 is 9.18 Å². The fourth-order valence-corrected chi connectivity index (χ4v) is 2.25. The molecule has 100 valence electrons. The van der Waals surface area contributed by atoms with E-state index < -0.39 is 5.82 Å². The molecule has 0 atom stereocenters. The lowest BCUT2D eigenvalue weighted by molar-refractivity contribution is 0.0989. The zero-order valence-electron chi connectivity index (χ0n) is 10.4. The molecule has 0 aliphatic rings. The number of aromatic nitrogens is 2. The summed E-state index contributed by atoms with van der Waals surface area (Å²) in [6.45, 7) is 1.76. The lowest BCUT2D eigenvalue weighted by Gasteiger charge is -2.03. The van der Waals surface area contributed by atoms with Gasteiger partial charge in [-0.3, -0.25) is 9.48 Å². The highest BCUT2D eigenvalue weighted by Gasteiger charge is 2.18. The molecule has 0 saturated heterocycles. The van der Waals surface area contributed by atoms with E-state index in [1.807, 2.05) is 0 Å². The topological polar surface area (TPSA) is 34.9 Å². The van der Waals surface area contributed by atoms with E-state index >= 15 is 0 Å². The number of benzene rings is 1. The summed E-state index contributed by atoms with van der Waals surface area (Å²) in [6, 6.07) is 3.97. The zero-order valence-corrected chi connectivity index (χ0v) is 11.9. The molecule has 1 heterocycles. The van der Waals surface area contributed by atoms with Crippen LogP contribution in [-0.2, 0) is 13.5 Å². The number of nitrogens with zero attached hydrogens (tertiary/aromatic N) is 2. The molecule has 0 amide bonds. The number of carbonyl (C=O) groups is 1. The van der Waals surface area contributed by atoms with Crippen molar-refractivity contribution in [2.75, 3.05) is 0 Å². The van der Waals surface area contributed by atoms with Crippen LogP contribution in [0.25, 0.3) is 0 Å². The Kier molecular flexibility index (Phi) is 3.92. The third-order valence-electron chi connectivity index (χ3n) is 2.84. The van der Waals surface area contributed by atoms with Crippen molar-refractivity contribution in [1.29, 1.82) is 0 Å². The van der Waals surface area contributed by atoms with Crippen LogP contribution in [0.4, 0.5) is 4.39 Å². The smallest absolute Gasteiger partial charge is 0.170 e. The number of Topliss-reactive ketones (excluding diaryl/α,β-unsaturated/α-hetero) is 1. The largest absolute Gasteiger partial charge is 0.294 e. The van der Waals surface area contributed by atoms with E-state index in [9.17, 15) is 9.18 Å². The lowest BCUT2D eigenvalue weighted by atomic mass is 10.0. The summed E-state index contributed by atoms with van der Waals surface area (Å²) in [6.07, 6.45) is 0.0110. The summed E-state index contributed by atoms with van der Waals surface area (Å²) in [7, 11) is 1.69. The van der Waals surface area contributed by atoms with Gasteiger partial charge in [-0.15, -0.1) is 0 Å². The molecule has 0 fully saturated rings. The van der Waals surface area contributed by atoms with E-state index in [0.29, 0.717) is 16.4 Å². The summed E-state index contributed by atoms with van der Waals surface area (Å²) in [4.78, 5) is 12.1. The number of hydrogen-bond acceptors (Lipinski definition) is 2. The van der Waals surface area contributed by atoms with Gasteiger partial charge in [0, 0.05) is 24.1 Å². The Hall–Kier alpha value is -1.39. The van der Waals surface area contributed by atoms with Gasteiger partial charge in [-0.05, 0) is 25.1 Å². The van der Waals surface area contributed by atoms with Crippen LogP contribution in [0.5, 0.6) is 0 Å². The zero-order chi connectivity index (χ0) is 14.2. The van der Waals surface area contributed by atoms with Gasteiger partial charge in [0.1, 0.15) is 11.0 Å². The first-order valence-electron chi connectivity index (χ1n) is 5.56. The number of aryl methyl sites for hydroxylation is 2. The van der Waals surface area contributed by atoms with Gasteiger partial charge in [-0.1, -0.05) is 23.2 Å². The number of ketones is 1. The third-order valence-corrected chi connectivity index (χ3v) is 3.55. The quantitative estimate of drug-likeness (QED) is 0.812. The Balaban J connectivity index is 2.31. The molecule has 0 aliphatic heterocycles. The molecular weight excluding hydrogens is 290 g/mol. The molecule has 19 heavy (non-hydrogen) atoms. The third kappa shape index (κ3) is 2.80. The molecule has 0 radical (unpaired) electrons. The Bertz CT molecular complexity index is 652. The van der Waals surface area contributed by atoms with E-state index in [2.05, 4.69) is 5.10 Å². The van der Waals surface area contributed by atoms with Crippen molar-refractivity contribution >= 4 is 29.0 Å². The van der Waals surface area contributed by atoms with Crippen molar-refractivity contribution in [3.05, 3.63) is 51.0 Å². The second kappa shape index (κ2) is 5.31. The van der Waals surface area contributed by atoms with Crippen LogP contribution < -0.4 is 0 Å². The second-order valence-corrected chi connectivity index (χ2v) is 5.00. The number of rotatable bonds is 3. The molecule has 0 N–H and O–H groups in total. The summed E-state index contributed by atoms with van der Waals surface area (Å²) in [5, 5.41) is 4.75. The SMILES string of the molecule is Cc1nn(C)c(Cl)c1CC(=O)c1ccc(Cl)cc1F. The van der Waals surface area contributed by atoms with Crippen molar-refractivity contribution in [3.8, 4) is 0 Å². The first-order valence-corrected chi connectivity index (χ1v) is 6.32. The summed E-state index contributed by atoms with van der Waals surface area (Å²) < 4.78 is 15.1. The molecule has 0 unspecified atom stereocenters. The predicted octanol–water partition coefficient (Wildman–Crippen LogP) is 3.60. The van der Waals surface area contributed by atoms with Gasteiger partial charge in [0.2, 0.25) is 0 Å². The summed E-state index contributed by atoms with van der Waals surface area (Å²) >= 11 is 11.7. The first-order chi connectivity index (χ1) is 8.90. The highest BCUT2D eigenvalue weighted by molar-refractivity contribution is 6.31. The van der Waals surface area contributed by atoms with Gasteiger partial charge < -0.3 is 0 Å². The Labute approximate surface area is 119 Å². The van der Waals surface area contributed by atoms with E-state index in [1.165, 1.54) is 16.8 Å². The first kappa shape index (κ1) is 14.0. The molecule has 2 rings (SSSR count). The maximum Gasteiger partial charge on any atom is 0.170 e. The van der Waals surface area contributed by atoms with Crippen molar-refractivity contribution in [2.45, 2.75) is 13.3 Å². The Morgan fingerprint density at radius 3 is 2.63 bits per heavy atom. The van der Waals surface area contributed by atoms with Gasteiger partial charge in [0.25, 0.3) is 0 Å². The van der Waals surface area contributed by atoms with Gasteiger partial charge in [-0.25, -0.2) is 4.39 Å². The van der Waals surface area contributed by atoms with Crippen LogP contribution in [0.3, 0.4) is 0 Å². The van der Waals surface area contributed by atoms with Crippen LogP contribution in [0.1, 0.15) is 21.6 Å². The summed E-state index contributed by atoms with van der Waals surface area (Å²) in [5.74, 6) is -0.984. The highest BCUT2D eigenvalue weighted by Crippen LogP contribution is 2.22. The molecular formula is C13H11Cl2FN2O. The maximum atomic E-state index is 13.7. The molecule has 1 aromatic heterocycles. The van der Waals surface area contributed by atoms with Crippen LogP contribution >= 0.6 is 23.2 Å². The second-order valence-electron chi connectivity index (χ2n) is 4.20. The minimum atomic E-state index is -0.629. The molecule has 2 aromatic rings. The molecule has 3 nitrogen and oxygen atoms in total. The number of carbonyl (C=O) groups excluding carboxylic acids is 1. The standard InChI is InChI=1S/C13H11Cl2FN2O/c1-7-10(13(15)18(2)17-7)6-12(19)9-4-3-8(14)5-11(9)16/h3-5H,6H2,1-2H3. The maximum absolute atomic E-state index is 13.7. The average Bonchev–Trinajstić information content (AvgIpc) is 2.56. The fourth-order valence-electron chi connectivity index (χ4n) is 1.85. The molecule has 1 aromatic carbocycles. The van der Waals surface area contributed by atoms with E-state index in [1.54, 1.807) is 14.0 Å². The fraction of sp³-hybridized carbons (Fsp3) is 0.231. The Morgan fingerprint density at radius 2 is 2.11 bits per heavy atom. The monoisotopic (exact) mass is 300 g/mol. The number of hydrogen-bond donors (Lipinski definition) is 0. The minimum absolute atomic E-state index is 0.00344. The van der Waals surface area contributed by atoms with Gasteiger partial charge in [0.05, 0.1) is 11.3 Å². The predicted molar refractivity (Wildman–Crippen MR) is 72.4 cm³/mol. The van der Waals surface area contributed by atoms with Gasteiger partial charge >= 0.3 is 0 Å². The van der Waals surface area contributed by atoms with Crippen molar-refractivity contribution in [1.82, 2.24) is 9.78 Å². The lowest BCUT2D eigenvalue weighted by Crippen LogP contribution is -2.07. The Morgan fingerprint density at radius 1 is 1.42 bits per heavy atom. The van der Waals surface area contributed by atoms with Crippen LogP contribution in [0.2, 0.25) is 10.2 Å². The molecule has 0 aliphatic carbocycles. The summed E-state index contributed by atoms with van der Waals surface area (Å²) in [5.41, 5.74) is 1.28. The number of halogens is 3. The van der Waals surface area contributed by atoms with Crippen LogP contribution in [-0.4, -0.2) is 15.6 Å². The van der Waals surface area contributed by atoms with E-state index in [0.717, 1.165) is 6.07 Å². The molecule has 0 saturated carbocycles. The van der Waals surface area contributed by atoms with Crippen LogP contribution in [0.15, 0.2) is 18.2 Å². The van der Waals surface area contributed by atoms with E-state index in [-0.39, 0.29) is 22.8 Å². The van der Waals surface area contributed by atoms with Gasteiger partial charge in [-0.2, -0.15) is 5.10 Å².